The smallest absolute Gasteiger partial charge is 0.126 e. The second kappa shape index (κ2) is 9.07. The van der Waals surface area contributed by atoms with Crippen LogP contribution in [0.4, 0.5) is 0 Å². The van der Waals surface area contributed by atoms with Crippen molar-refractivity contribution in [2.75, 3.05) is 26.3 Å². The number of aliphatic hydroxyl groups is 1. The third kappa shape index (κ3) is 5.39. The van der Waals surface area contributed by atoms with E-state index in [0.717, 1.165) is 24.6 Å². The van der Waals surface area contributed by atoms with Gasteiger partial charge in [0.25, 0.3) is 0 Å². The van der Waals surface area contributed by atoms with E-state index in [1.165, 1.54) is 5.56 Å². The Labute approximate surface area is 131 Å². The number of benzene rings is 1. The molecule has 22 heavy (non-hydrogen) atoms. The van der Waals surface area contributed by atoms with E-state index in [9.17, 15) is 5.11 Å². The summed E-state index contributed by atoms with van der Waals surface area (Å²) in [4.78, 5) is 2.17. The fraction of sp³-hybridized carbons (Fsp3) is 0.333. The Bertz CT molecular complexity index is 563. The van der Waals surface area contributed by atoms with Crippen LogP contribution in [0.1, 0.15) is 18.2 Å². The normalized spacial score (nSPS) is 11.4. The van der Waals surface area contributed by atoms with Gasteiger partial charge in [-0.15, -0.1) is 0 Å². The quantitative estimate of drug-likeness (QED) is 0.772. The van der Waals surface area contributed by atoms with E-state index in [1.54, 1.807) is 6.26 Å². The third-order valence-electron chi connectivity index (χ3n) is 3.22. The molecule has 0 bridgehead atoms. The number of hydrogen-bond acceptors (Lipinski definition) is 4. The molecule has 1 N–H and O–H groups in total. The molecule has 0 saturated carbocycles. The molecule has 1 heterocycles. The first-order valence-electron chi connectivity index (χ1n) is 7.57. The summed E-state index contributed by atoms with van der Waals surface area (Å²) in [5, 5.41) is 9.23. The molecule has 0 amide bonds. The van der Waals surface area contributed by atoms with Gasteiger partial charge in [0.15, 0.2) is 0 Å². The maximum Gasteiger partial charge on any atom is 0.126 e. The van der Waals surface area contributed by atoms with Gasteiger partial charge in [-0.1, -0.05) is 18.2 Å². The van der Waals surface area contributed by atoms with Crippen molar-refractivity contribution in [2.24, 2.45) is 0 Å². The van der Waals surface area contributed by atoms with Crippen LogP contribution in [-0.2, 0) is 6.54 Å². The lowest BCUT2D eigenvalue weighted by molar-refractivity contribution is 0.203. The first kappa shape index (κ1) is 16.3. The Balaban J connectivity index is 1.94. The van der Waals surface area contributed by atoms with Crippen LogP contribution in [0.25, 0.3) is 6.08 Å². The summed E-state index contributed by atoms with van der Waals surface area (Å²) >= 11 is 0. The van der Waals surface area contributed by atoms with Gasteiger partial charge in [-0.25, -0.2) is 0 Å². The summed E-state index contributed by atoms with van der Waals surface area (Å²) in [5.41, 5.74) is 1.17. The van der Waals surface area contributed by atoms with Crippen molar-refractivity contribution >= 4 is 6.08 Å². The summed E-state index contributed by atoms with van der Waals surface area (Å²) < 4.78 is 10.8. The number of nitrogens with zero attached hydrogens (tertiary/aromatic N) is 1. The second-order valence-corrected chi connectivity index (χ2v) is 4.96. The highest BCUT2D eigenvalue weighted by atomic mass is 16.5. The average Bonchev–Trinajstić information content (AvgIpc) is 3.01. The minimum absolute atomic E-state index is 0.139. The monoisotopic (exact) mass is 301 g/mol. The number of rotatable bonds is 9. The van der Waals surface area contributed by atoms with Crippen molar-refractivity contribution in [3.8, 4) is 5.75 Å². The largest absolute Gasteiger partial charge is 0.494 e. The number of ether oxygens (including phenoxy) is 1. The molecule has 4 nitrogen and oxygen atoms in total. The van der Waals surface area contributed by atoms with Crippen LogP contribution in [0, 0.1) is 0 Å². The van der Waals surface area contributed by atoms with Gasteiger partial charge >= 0.3 is 0 Å². The molecule has 118 valence electrons. The predicted octanol–water partition coefficient (Wildman–Crippen LogP) is 3.19. The van der Waals surface area contributed by atoms with Crippen LogP contribution in [0.15, 0.2) is 53.2 Å². The lowest BCUT2D eigenvalue weighted by Crippen LogP contribution is -2.26. The number of hydrogen-bond donors (Lipinski definition) is 1. The van der Waals surface area contributed by atoms with E-state index in [2.05, 4.69) is 11.0 Å². The van der Waals surface area contributed by atoms with Gasteiger partial charge < -0.3 is 14.3 Å². The van der Waals surface area contributed by atoms with Crippen LogP contribution in [0.2, 0.25) is 0 Å². The molecule has 0 aliphatic heterocycles. The second-order valence-electron chi connectivity index (χ2n) is 4.96. The zero-order valence-corrected chi connectivity index (χ0v) is 12.9. The fourth-order valence-electron chi connectivity index (χ4n) is 2.24. The molecule has 0 atom stereocenters. The maximum absolute atomic E-state index is 9.23. The molecule has 2 aromatic rings. The summed E-state index contributed by atoms with van der Waals surface area (Å²) in [6.07, 6.45) is 5.65. The minimum Gasteiger partial charge on any atom is -0.494 e. The molecule has 0 saturated heterocycles. The Hall–Kier alpha value is -2.04. The van der Waals surface area contributed by atoms with Crippen molar-refractivity contribution in [3.05, 3.63) is 60.1 Å². The standard InChI is InChI=1S/C18H23NO3/c1-2-21-18-7-3-6-16(14-18)15-19(11-12-20)10-4-8-17-9-5-13-22-17/h3-9,13-14,20H,2,10-12,15H2,1H3. The molecule has 1 aromatic heterocycles. The highest BCUT2D eigenvalue weighted by Gasteiger charge is 2.05. The fourth-order valence-corrected chi connectivity index (χ4v) is 2.24. The van der Waals surface area contributed by atoms with E-state index in [4.69, 9.17) is 9.15 Å². The van der Waals surface area contributed by atoms with Crippen molar-refractivity contribution < 1.29 is 14.3 Å². The van der Waals surface area contributed by atoms with Gasteiger partial charge in [-0.2, -0.15) is 0 Å². The number of furan rings is 1. The van der Waals surface area contributed by atoms with Crippen molar-refractivity contribution in [1.29, 1.82) is 0 Å². The first-order valence-corrected chi connectivity index (χ1v) is 7.57. The van der Waals surface area contributed by atoms with E-state index in [-0.39, 0.29) is 6.61 Å². The molecular formula is C18H23NO3. The molecule has 0 spiro atoms. The molecule has 0 aliphatic carbocycles. The molecule has 2 rings (SSSR count). The molecule has 4 heteroatoms. The van der Waals surface area contributed by atoms with Gasteiger partial charge in [-0.05, 0) is 42.8 Å². The molecule has 0 unspecified atom stereocenters. The summed E-state index contributed by atoms with van der Waals surface area (Å²) in [6, 6.07) is 11.9. The zero-order valence-electron chi connectivity index (χ0n) is 12.9. The Kier molecular flexibility index (Phi) is 6.74. The molecule has 1 aromatic carbocycles. The van der Waals surface area contributed by atoms with Crippen LogP contribution in [-0.4, -0.2) is 36.3 Å². The Morgan fingerprint density at radius 1 is 1.27 bits per heavy atom. The van der Waals surface area contributed by atoms with Crippen LogP contribution >= 0.6 is 0 Å². The van der Waals surface area contributed by atoms with Crippen LogP contribution in [0.5, 0.6) is 5.75 Å². The summed E-state index contributed by atoms with van der Waals surface area (Å²) in [7, 11) is 0. The van der Waals surface area contributed by atoms with Gasteiger partial charge in [0.1, 0.15) is 11.5 Å². The first-order chi connectivity index (χ1) is 10.8. The lowest BCUT2D eigenvalue weighted by atomic mass is 10.2. The minimum atomic E-state index is 0.139. The third-order valence-corrected chi connectivity index (χ3v) is 3.22. The van der Waals surface area contributed by atoms with Crippen molar-refractivity contribution in [2.45, 2.75) is 13.5 Å². The maximum atomic E-state index is 9.23. The molecule has 0 fully saturated rings. The SMILES string of the molecule is CCOc1cccc(CN(CC=Cc2ccco2)CCO)c1. The van der Waals surface area contributed by atoms with Crippen LogP contribution < -0.4 is 4.74 Å². The topological polar surface area (TPSA) is 45.8 Å². The zero-order chi connectivity index (χ0) is 15.6. The van der Waals surface area contributed by atoms with Crippen molar-refractivity contribution in [3.63, 3.8) is 0 Å². The van der Waals surface area contributed by atoms with Crippen LogP contribution in [0.3, 0.4) is 0 Å². The van der Waals surface area contributed by atoms with Gasteiger partial charge in [0, 0.05) is 19.6 Å². The molecule has 0 radical (unpaired) electrons. The van der Waals surface area contributed by atoms with E-state index in [1.807, 2.05) is 49.4 Å². The average molecular weight is 301 g/mol. The Morgan fingerprint density at radius 3 is 2.91 bits per heavy atom. The molecule has 0 aliphatic rings. The summed E-state index contributed by atoms with van der Waals surface area (Å²) in [6.45, 7) is 4.92. The van der Waals surface area contributed by atoms with Gasteiger partial charge in [-0.3, -0.25) is 4.90 Å². The predicted molar refractivity (Wildman–Crippen MR) is 87.7 cm³/mol. The highest BCUT2D eigenvalue weighted by molar-refractivity contribution is 5.42. The highest BCUT2D eigenvalue weighted by Crippen LogP contribution is 2.15. The molecular weight excluding hydrogens is 278 g/mol. The van der Waals surface area contributed by atoms with Crippen molar-refractivity contribution in [1.82, 2.24) is 4.90 Å². The lowest BCUT2D eigenvalue weighted by Gasteiger charge is -2.20. The summed E-state index contributed by atoms with van der Waals surface area (Å²) in [5.74, 6) is 1.72. The Morgan fingerprint density at radius 2 is 2.18 bits per heavy atom. The van der Waals surface area contributed by atoms with Gasteiger partial charge in [0.05, 0.1) is 19.5 Å². The van der Waals surface area contributed by atoms with E-state index in [0.29, 0.717) is 13.2 Å². The van der Waals surface area contributed by atoms with E-state index < -0.39 is 0 Å². The van der Waals surface area contributed by atoms with E-state index >= 15 is 0 Å². The number of aliphatic hydroxyl groups excluding tert-OH is 1. The van der Waals surface area contributed by atoms with Gasteiger partial charge in [0.2, 0.25) is 0 Å².